The molecule has 0 fully saturated rings. The zero-order valence-electron chi connectivity index (χ0n) is 48.1. The van der Waals surface area contributed by atoms with Gasteiger partial charge in [-0.05, 0) is 133 Å². The number of furan rings is 2. The summed E-state index contributed by atoms with van der Waals surface area (Å²) in [6.07, 6.45) is 0. The van der Waals surface area contributed by atoms with Gasteiger partial charge < -0.3 is 27.8 Å². The lowest BCUT2D eigenvalue weighted by Gasteiger charge is -2.26. The van der Waals surface area contributed by atoms with Crippen molar-refractivity contribution in [2.24, 2.45) is 0 Å². The fraction of sp³-hybridized carbons (Fsp3) is 0. The molecular formula is C82H48N4O2S2. The minimum absolute atomic E-state index is 0.872. The van der Waals surface area contributed by atoms with E-state index in [9.17, 15) is 0 Å². The molecule has 0 spiro atoms. The summed E-state index contributed by atoms with van der Waals surface area (Å²) < 4.78 is 22.7. The lowest BCUT2D eigenvalue weighted by Crippen LogP contribution is -2.10. The van der Waals surface area contributed by atoms with Gasteiger partial charge in [-0.2, -0.15) is 0 Å². The van der Waals surface area contributed by atoms with E-state index in [1.54, 1.807) is 0 Å². The molecule has 6 aromatic heterocycles. The van der Waals surface area contributed by atoms with Crippen molar-refractivity contribution in [1.29, 1.82) is 0 Å². The van der Waals surface area contributed by atoms with Gasteiger partial charge in [-0.1, -0.05) is 158 Å². The molecule has 8 heteroatoms. The average molecular weight is 1190 g/mol. The van der Waals surface area contributed by atoms with Crippen molar-refractivity contribution in [3.63, 3.8) is 0 Å². The van der Waals surface area contributed by atoms with E-state index in [0.29, 0.717) is 0 Å². The minimum atomic E-state index is 0.872. The van der Waals surface area contributed by atoms with E-state index in [4.69, 9.17) is 8.83 Å². The third-order valence-electron chi connectivity index (χ3n) is 18.7. The van der Waals surface area contributed by atoms with Crippen molar-refractivity contribution in [3.05, 3.63) is 291 Å². The van der Waals surface area contributed by atoms with E-state index >= 15 is 0 Å². The number of fused-ring (bicyclic) bond motifs is 21. The van der Waals surface area contributed by atoms with Crippen LogP contribution < -0.4 is 9.80 Å². The predicted octanol–water partition coefficient (Wildman–Crippen LogP) is 24.5. The van der Waals surface area contributed by atoms with E-state index < -0.39 is 0 Å². The lowest BCUT2D eigenvalue weighted by atomic mass is 10.0. The topological polar surface area (TPSA) is 42.6 Å². The first-order valence-electron chi connectivity index (χ1n) is 30.4. The highest BCUT2D eigenvalue weighted by atomic mass is 32.1. The van der Waals surface area contributed by atoms with Crippen LogP contribution >= 0.6 is 22.7 Å². The fourth-order valence-corrected chi connectivity index (χ4v) is 17.2. The summed E-state index contributed by atoms with van der Waals surface area (Å²) in [5.41, 5.74) is 16.9. The van der Waals surface area contributed by atoms with Crippen molar-refractivity contribution in [2.75, 3.05) is 9.80 Å². The lowest BCUT2D eigenvalue weighted by molar-refractivity contribution is 0.668. The van der Waals surface area contributed by atoms with Gasteiger partial charge in [0, 0.05) is 140 Å². The molecule has 0 aliphatic heterocycles. The maximum atomic E-state index is 6.40. The standard InChI is InChI=1S/C82H48N4O2S2/c1-3-15-49(16-4-1)85-71-23-11-7-19-57(71)59-33-27-53(45-73(59)85)83(51-31-41-77-69(43-51)61-21-9-13-25-75(61)87-77)55-29-35-63-65-37-39-68-67(81(65)89-79(63)47-55)40-38-66-64-36-30-56(48-80(64)90-82(66)68)84(52-32-42-78-70(44-52)62-22-10-14-26-76(62)88-78)54-28-34-60-58-20-8-12-24-72(58)86(74(60)46-54)50-17-5-2-6-18-50/h1-48H. The Morgan fingerprint density at radius 1 is 0.222 bits per heavy atom. The van der Waals surface area contributed by atoms with E-state index in [-0.39, 0.29) is 0 Å². The summed E-state index contributed by atoms with van der Waals surface area (Å²) in [4.78, 5) is 4.85. The molecule has 20 rings (SSSR count). The number of rotatable bonds is 8. The summed E-state index contributed by atoms with van der Waals surface area (Å²) in [7, 11) is 0. The molecule has 20 aromatic rings. The van der Waals surface area contributed by atoms with Crippen LogP contribution in [0.15, 0.2) is 300 Å². The molecule has 6 nitrogen and oxygen atoms in total. The zero-order valence-corrected chi connectivity index (χ0v) is 49.8. The van der Waals surface area contributed by atoms with Crippen LogP contribution in [0, 0.1) is 0 Å². The molecule has 0 aliphatic rings. The summed E-state index contributed by atoms with van der Waals surface area (Å²) in [5, 5.41) is 16.8. The molecule has 0 amide bonds. The maximum Gasteiger partial charge on any atom is 0.135 e. The molecule has 0 aliphatic carbocycles. The van der Waals surface area contributed by atoms with Gasteiger partial charge in [0.2, 0.25) is 0 Å². The second-order valence-electron chi connectivity index (χ2n) is 23.6. The van der Waals surface area contributed by atoms with Crippen molar-refractivity contribution < 1.29 is 8.83 Å². The van der Waals surface area contributed by atoms with Crippen LogP contribution in [0.3, 0.4) is 0 Å². The Labute approximate surface area is 522 Å². The number of thiophene rings is 2. The second-order valence-corrected chi connectivity index (χ2v) is 25.7. The number of hydrogen-bond donors (Lipinski definition) is 0. The van der Waals surface area contributed by atoms with E-state index in [2.05, 4.69) is 298 Å². The summed E-state index contributed by atoms with van der Waals surface area (Å²) in [5.74, 6) is 0. The van der Waals surface area contributed by atoms with Gasteiger partial charge in [0.05, 0.1) is 22.1 Å². The molecule has 0 saturated carbocycles. The Morgan fingerprint density at radius 2 is 0.533 bits per heavy atom. The number of benzene rings is 14. The highest BCUT2D eigenvalue weighted by molar-refractivity contribution is 7.28. The Kier molecular flexibility index (Phi) is 10.5. The predicted molar refractivity (Wildman–Crippen MR) is 382 cm³/mol. The Hall–Kier alpha value is -11.4. The normalized spacial score (nSPS) is 12.2. The molecule has 0 unspecified atom stereocenters. The molecule has 6 heterocycles. The van der Waals surface area contributed by atoms with Gasteiger partial charge in [0.25, 0.3) is 0 Å². The molecule has 420 valence electrons. The van der Waals surface area contributed by atoms with Crippen molar-refractivity contribution in [3.8, 4) is 11.4 Å². The number of nitrogens with zero attached hydrogens (tertiary/aromatic N) is 4. The van der Waals surface area contributed by atoms with Gasteiger partial charge in [0.15, 0.2) is 0 Å². The van der Waals surface area contributed by atoms with Gasteiger partial charge in [-0.25, -0.2) is 0 Å². The molecule has 0 saturated heterocycles. The van der Waals surface area contributed by atoms with Gasteiger partial charge in [-0.15, -0.1) is 22.7 Å². The Bertz CT molecular complexity index is 5990. The molecule has 0 N–H and O–H groups in total. The number of anilines is 6. The Morgan fingerprint density at radius 3 is 0.978 bits per heavy atom. The molecule has 90 heavy (non-hydrogen) atoms. The van der Waals surface area contributed by atoms with Gasteiger partial charge in [0.1, 0.15) is 22.3 Å². The fourth-order valence-electron chi connectivity index (χ4n) is 14.6. The van der Waals surface area contributed by atoms with Crippen LogP contribution in [0.1, 0.15) is 0 Å². The van der Waals surface area contributed by atoms with Crippen LogP contribution in [0.2, 0.25) is 0 Å². The SMILES string of the molecule is c1ccc(-n2c3ccccc3c3ccc(N(c4ccc5c(c4)sc4c5ccc5c4ccc4c6ccc(N(c7ccc8oc9ccccc9c8c7)c7ccc8c9ccccc9n(-c9ccccc9)c8c7)cc6sc45)c4ccc5oc6ccccc6c5c4)cc32)cc1. The minimum Gasteiger partial charge on any atom is -0.456 e. The van der Waals surface area contributed by atoms with E-state index in [0.717, 1.165) is 100 Å². The van der Waals surface area contributed by atoms with Crippen molar-refractivity contribution >= 4 is 195 Å². The summed E-state index contributed by atoms with van der Waals surface area (Å²) >= 11 is 3.78. The largest absolute Gasteiger partial charge is 0.456 e. The highest BCUT2D eigenvalue weighted by Gasteiger charge is 2.24. The third kappa shape index (κ3) is 7.31. The first-order valence-corrected chi connectivity index (χ1v) is 32.1. The number of aromatic nitrogens is 2. The van der Waals surface area contributed by atoms with Crippen molar-refractivity contribution in [2.45, 2.75) is 0 Å². The molecule has 14 aromatic carbocycles. The van der Waals surface area contributed by atoms with Crippen LogP contribution in [-0.4, -0.2) is 9.13 Å². The summed E-state index contributed by atoms with van der Waals surface area (Å²) in [6, 6.07) is 106. The molecule has 0 atom stereocenters. The highest BCUT2D eigenvalue weighted by Crippen LogP contribution is 2.50. The molecular weight excluding hydrogens is 1140 g/mol. The van der Waals surface area contributed by atoms with E-state index in [1.165, 1.54) is 83.7 Å². The Balaban J connectivity index is 0.741. The van der Waals surface area contributed by atoms with Gasteiger partial charge >= 0.3 is 0 Å². The number of hydrogen-bond acceptors (Lipinski definition) is 6. The van der Waals surface area contributed by atoms with Crippen molar-refractivity contribution in [1.82, 2.24) is 9.13 Å². The third-order valence-corrected chi connectivity index (χ3v) is 21.1. The molecule has 0 bridgehead atoms. The van der Waals surface area contributed by atoms with Crippen LogP contribution in [0.4, 0.5) is 34.1 Å². The smallest absolute Gasteiger partial charge is 0.135 e. The van der Waals surface area contributed by atoms with Gasteiger partial charge in [-0.3, -0.25) is 0 Å². The summed E-state index contributed by atoms with van der Waals surface area (Å²) in [6.45, 7) is 0. The zero-order chi connectivity index (χ0) is 58.7. The quantitative estimate of drug-likeness (QED) is 0.152. The first-order chi connectivity index (χ1) is 44.6. The average Bonchev–Trinajstić information content (AvgIpc) is 1.70. The monoisotopic (exact) mass is 1180 g/mol. The van der Waals surface area contributed by atoms with Crippen LogP contribution in [0.25, 0.3) is 150 Å². The maximum absolute atomic E-state index is 6.40. The van der Waals surface area contributed by atoms with Crippen LogP contribution in [-0.2, 0) is 0 Å². The number of para-hydroxylation sites is 6. The second kappa shape index (κ2) is 19.0. The molecule has 0 radical (unpaired) electrons. The van der Waals surface area contributed by atoms with E-state index in [1.807, 2.05) is 34.8 Å². The van der Waals surface area contributed by atoms with Crippen LogP contribution in [0.5, 0.6) is 0 Å². The first kappa shape index (κ1) is 49.7.